The number of ether oxygens (including phenoxy) is 1. The molecule has 0 saturated carbocycles. The molecule has 1 atom stereocenters. The molecule has 34 heavy (non-hydrogen) atoms. The molecule has 0 bridgehead atoms. The topological polar surface area (TPSA) is 130 Å². The Kier molecular flexibility index (Phi) is 21.5. The van der Waals surface area contributed by atoms with Crippen molar-refractivity contribution >= 4 is 23.6 Å². The molecule has 0 aromatic carbocycles. The average molecular weight is 486 g/mol. The van der Waals surface area contributed by atoms with Gasteiger partial charge in [-0.15, -0.1) is 0 Å². The minimum Gasteiger partial charge on any atom is -0.481 e. The number of rotatable bonds is 25. The third-order valence-corrected chi connectivity index (χ3v) is 5.84. The number of Topliss-reactive ketones (excluding diaryl/α,β-unsaturated/α-hetero) is 1. The van der Waals surface area contributed by atoms with E-state index in [9.17, 15) is 24.3 Å². The number of nitrogens with one attached hydrogen (secondary N) is 1. The molecule has 8 heteroatoms. The van der Waals surface area contributed by atoms with E-state index in [-0.39, 0.29) is 31.0 Å². The minimum absolute atomic E-state index is 0.00376. The fourth-order valence-electron chi connectivity index (χ4n) is 3.80. The quantitative estimate of drug-likeness (QED) is 0.150. The van der Waals surface area contributed by atoms with E-state index in [1.54, 1.807) is 0 Å². The van der Waals surface area contributed by atoms with Crippen LogP contribution in [0.1, 0.15) is 122 Å². The van der Waals surface area contributed by atoms with E-state index in [4.69, 9.17) is 9.84 Å². The number of carboxylic acid groups (broad SMARTS) is 2. The van der Waals surface area contributed by atoms with E-state index < -0.39 is 18.0 Å². The van der Waals surface area contributed by atoms with Gasteiger partial charge in [0.05, 0.1) is 0 Å². The summed E-state index contributed by atoms with van der Waals surface area (Å²) in [5.74, 6) is -2.08. The van der Waals surface area contributed by atoms with Crippen LogP contribution in [-0.4, -0.2) is 53.1 Å². The summed E-state index contributed by atoms with van der Waals surface area (Å²) in [5.41, 5.74) is 0. The molecule has 0 fully saturated rings. The Morgan fingerprint density at radius 2 is 1.18 bits per heavy atom. The Balaban J connectivity index is 3.66. The number of aliphatic carboxylic acids is 2. The van der Waals surface area contributed by atoms with Crippen molar-refractivity contribution in [3.8, 4) is 0 Å². The fraction of sp³-hybridized carbons (Fsp3) is 0.846. The molecule has 3 N–H and O–H groups in total. The van der Waals surface area contributed by atoms with Crippen molar-refractivity contribution in [2.45, 2.75) is 129 Å². The largest absolute Gasteiger partial charge is 0.481 e. The summed E-state index contributed by atoms with van der Waals surface area (Å²) in [7, 11) is 0. The molecule has 1 amide bonds. The monoisotopic (exact) mass is 485 g/mol. The summed E-state index contributed by atoms with van der Waals surface area (Å²) in [6.07, 6.45) is 14.6. The molecule has 0 spiro atoms. The lowest BCUT2D eigenvalue weighted by atomic mass is 10.0. The van der Waals surface area contributed by atoms with Gasteiger partial charge in [-0.3, -0.25) is 14.4 Å². The summed E-state index contributed by atoms with van der Waals surface area (Å²) >= 11 is 0. The fourth-order valence-corrected chi connectivity index (χ4v) is 3.80. The predicted octanol–water partition coefficient (Wildman–Crippen LogP) is 5.27. The molecule has 0 aliphatic carbocycles. The van der Waals surface area contributed by atoms with E-state index in [0.717, 1.165) is 44.9 Å². The van der Waals surface area contributed by atoms with Crippen LogP contribution in [0.3, 0.4) is 0 Å². The molecule has 0 aliphatic rings. The Hall–Kier alpha value is -1.96. The van der Waals surface area contributed by atoms with E-state index >= 15 is 0 Å². The maximum Gasteiger partial charge on any atom is 0.326 e. The third kappa shape index (κ3) is 21.9. The lowest BCUT2D eigenvalue weighted by molar-refractivity contribution is -0.142. The minimum atomic E-state index is -1.10. The highest BCUT2D eigenvalue weighted by Gasteiger charge is 2.20. The summed E-state index contributed by atoms with van der Waals surface area (Å²) in [6, 6.07) is -1.01. The van der Waals surface area contributed by atoms with Crippen LogP contribution in [0.2, 0.25) is 0 Å². The van der Waals surface area contributed by atoms with Crippen molar-refractivity contribution in [3.63, 3.8) is 0 Å². The highest BCUT2D eigenvalue weighted by atomic mass is 16.5. The highest BCUT2D eigenvalue weighted by molar-refractivity contribution is 5.84. The second-order valence-electron chi connectivity index (χ2n) is 8.97. The number of unbranched alkanes of at least 4 members (excludes halogenated alkanes) is 11. The number of amides is 1. The zero-order valence-electron chi connectivity index (χ0n) is 21.2. The second-order valence-corrected chi connectivity index (χ2v) is 8.97. The van der Waals surface area contributed by atoms with Gasteiger partial charge in [0, 0.05) is 38.9 Å². The number of hydrogen-bond acceptors (Lipinski definition) is 5. The zero-order valence-corrected chi connectivity index (χ0v) is 21.2. The first kappa shape index (κ1) is 32.0. The number of carbonyl (C=O) groups is 4. The van der Waals surface area contributed by atoms with Crippen LogP contribution in [0.5, 0.6) is 0 Å². The first-order valence-electron chi connectivity index (χ1n) is 13.2. The standard InChI is InChI=1S/C26H47NO7/c1-2-34-21-15-16-22(28)19-20-23(26(32)33)27-24(29)17-13-11-9-7-5-3-4-6-8-10-12-14-18-25(30)31/h23H,2-21H2,1H3,(H,27,29)(H,30,31)(H,32,33)/t23-/m0/s1. The van der Waals surface area contributed by atoms with Crippen molar-refractivity contribution in [2.24, 2.45) is 0 Å². The van der Waals surface area contributed by atoms with E-state index in [0.29, 0.717) is 32.5 Å². The van der Waals surface area contributed by atoms with E-state index in [1.807, 2.05) is 6.92 Å². The van der Waals surface area contributed by atoms with Gasteiger partial charge in [0.1, 0.15) is 11.8 Å². The summed E-state index contributed by atoms with van der Waals surface area (Å²) < 4.78 is 5.19. The first-order chi connectivity index (χ1) is 16.4. The Labute approximate surface area is 205 Å². The van der Waals surface area contributed by atoms with Crippen molar-refractivity contribution in [3.05, 3.63) is 0 Å². The first-order valence-corrected chi connectivity index (χ1v) is 13.2. The lowest BCUT2D eigenvalue weighted by Crippen LogP contribution is -2.41. The maximum atomic E-state index is 12.1. The van der Waals surface area contributed by atoms with Crippen LogP contribution in [0.25, 0.3) is 0 Å². The molecule has 8 nitrogen and oxygen atoms in total. The van der Waals surface area contributed by atoms with Gasteiger partial charge in [-0.05, 0) is 32.6 Å². The molecule has 0 aromatic rings. The number of ketones is 1. The summed E-state index contributed by atoms with van der Waals surface area (Å²) in [4.78, 5) is 45.8. The van der Waals surface area contributed by atoms with Gasteiger partial charge in [0.2, 0.25) is 5.91 Å². The molecular weight excluding hydrogens is 438 g/mol. The third-order valence-electron chi connectivity index (χ3n) is 5.84. The summed E-state index contributed by atoms with van der Waals surface area (Å²) in [6.45, 7) is 3.03. The van der Waals surface area contributed by atoms with Crippen molar-refractivity contribution in [2.75, 3.05) is 13.2 Å². The highest BCUT2D eigenvalue weighted by Crippen LogP contribution is 2.13. The molecule has 0 aromatic heterocycles. The normalized spacial score (nSPS) is 11.8. The molecule has 198 valence electrons. The van der Waals surface area contributed by atoms with Crippen LogP contribution < -0.4 is 5.32 Å². The van der Waals surface area contributed by atoms with Crippen molar-refractivity contribution in [1.29, 1.82) is 0 Å². The molecular formula is C26H47NO7. The van der Waals surface area contributed by atoms with Gasteiger partial charge >= 0.3 is 11.9 Å². The van der Waals surface area contributed by atoms with Gasteiger partial charge in [-0.25, -0.2) is 4.79 Å². The van der Waals surface area contributed by atoms with Crippen LogP contribution in [0, 0.1) is 0 Å². The smallest absolute Gasteiger partial charge is 0.326 e. The maximum absolute atomic E-state index is 12.1. The van der Waals surface area contributed by atoms with Gasteiger partial charge in [-0.2, -0.15) is 0 Å². The van der Waals surface area contributed by atoms with Crippen molar-refractivity contribution < 1.29 is 34.1 Å². The van der Waals surface area contributed by atoms with Gasteiger partial charge in [0.25, 0.3) is 0 Å². The molecule has 0 heterocycles. The number of carbonyl (C=O) groups excluding carboxylic acids is 2. The van der Waals surface area contributed by atoms with Gasteiger partial charge in [0.15, 0.2) is 0 Å². The summed E-state index contributed by atoms with van der Waals surface area (Å²) in [5, 5.41) is 20.5. The zero-order chi connectivity index (χ0) is 25.4. The molecule has 0 radical (unpaired) electrons. The van der Waals surface area contributed by atoms with Gasteiger partial charge < -0.3 is 20.3 Å². The number of hydrogen-bond donors (Lipinski definition) is 3. The Morgan fingerprint density at radius 1 is 0.676 bits per heavy atom. The van der Waals surface area contributed by atoms with Crippen LogP contribution >= 0.6 is 0 Å². The van der Waals surface area contributed by atoms with E-state index in [2.05, 4.69) is 5.32 Å². The number of carboxylic acids is 2. The van der Waals surface area contributed by atoms with Crippen LogP contribution in [0.4, 0.5) is 0 Å². The molecule has 0 saturated heterocycles. The average Bonchev–Trinajstić information content (AvgIpc) is 2.79. The van der Waals surface area contributed by atoms with Gasteiger partial charge in [-0.1, -0.05) is 64.2 Å². The Bertz CT molecular complexity index is 565. The van der Waals surface area contributed by atoms with Crippen molar-refractivity contribution in [1.82, 2.24) is 5.32 Å². The predicted molar refractivity (Wildman–Crippen MR) is 132 cm³/mol. The van der Waals surface area contributed by atoms with Crippen LogP contribution in [-0.2, 0) is 23.9 Å². The lowest BCUT2D eigenvalue weighted by Gasteiger charge is -2.14. The molecule has 0 aliphatic heterocycles. The Morgan fingerprint density at radius 3 is 1.65 bits per heavy atom. The van der Waals surface area contributed by atoms with E-state index in [1.165, 1.54) is 32.1 Å². The SMILES string of the molecule is CCOCCCC(=O)CC[C@H](NC(=O)CCCCCCCCCCCCCCC(=O)O)C(=O)O. The second kappa shape index (κ2) is 22.8. The molecule has 0 rings (SSSR count). The van der Waals surface area contributed by atoms with Crippen LogP contribution in [0.15, 0.2) is 0 Å². The molecule has 0 unspecified atom stereocenters.